The van der Waals surface area contributed by atoms with Crippen LogP contribution in [-0.2, 0) is 28.9 Å². The van der Waals surface area contributed by atoms with Crippen molar-refractivity contribution in [2.24, 2.45) is 0 Å². The molecule has 164 valence electrons. The van der Waals surface area contributed by atoms with Gasteiger partial charge in [-0.1, -0.05) is 11.8 Å². The van der Waals surface area contributed by atoms with E-state index in [-0.39, 0.29) is 23.3 Å². The SMILES string of the molecule is O=C(CSc1nc2sc3c(c2c(=O)n1Cc1ccco1)CCCC3)NC[C@@H]1CCCO1. The second-order valence-electron chi connectivity index (χ2n) is 7.98. The highest BCUT2D eigenvalue weighted by atomic mass is 32.2. The van der Waals surface area contributed by atoms with E-state index < -0.39 is 0 Å². The van der Waals surface area contributed by atoms with Crippen molar-refractivity contribution >= 4 is 39.2 Å². The van der Waals surface area contributed by atoms with Gasteiger partial charge in [0.2, 0.25) is 5.91 Å². The Morgan fingerprint density at radius 3 is 3.03 bits per heavy atom. The Labute approximate surface area is 188 Å². The Balaban J connectivity index is 1.41. The zero-order valence-corrected chi connectivity index (χ0v) is 18.9. The van der Waals surface area contributed by atoms with E-state index in [1.807, 2.05) is 12.1 Å². The zero-order valence-electron chi connectivity index (χ0n) is 17.2. The number of carbonyl (C=O) groups is 1. The quantitative estimate of drug-likeness (QED) is 0.431. The molecule has 9 heteroatoms. The molecule has 1 N–H and O–H groups in total. The number of nitrogens with one attached hydrogen (secondary N) is 1. The molecule has 1 amide bonds. The van der Waals surface area contributed by atoms with Gasteiger partial charge in [0.1, 0.15) is 10.6 Å². The highest BCUT2D eigenvalue weighted by Gasteiger charge is 2.23. The first-order chi connectivity index (χ1) is 15.2. The summed E-state index contributed by atoms with van der Waals surface area (Å²) in [5.74, 6) is 0.815. The fraction of sp³-hybridized carbons (Fsp3) is 0.500. The minimum atomic E-state index is -0.0788. The molecule has 0 aromatic carbocycles. The number of hydrogen-bond acceptors (Lipinski definition) is 7. The van der Waals surface area contributed by atoms with E-state index in [0.29, 0.717) is 24.0 Å². The number of ether oxygens (including phenoxy) is 1. The average molecular weight is 460 g/mol. The molecule has 1 saturated heterocycles. The van der Waals surface area contributed by atoms with Crippen molar-refractivity contribution in [3.8, 4) is 0 Å². The predicted molar refractivity (Wildman–Crippen MR) is 121 cm³/mol. The summed E-state index contributed by atoms with van der Waals surface area (Å²) in [7, 11) is 0. The van der Waals surface area contributed by atoms with Crippen LogP contribution < -0.4 is 10.9 Å². The number of thioether (sulfide) groups is 1. The molecule has 0 radical (unpaired) electrons. The lowest BCUT2D eigenvalue weighted by molar-refractivity contribution is -0.119. The summed E-state index contributed by atoms with van der Waals surface area (Å²) in [5.41, 5.74) is 1.13. The number of amides is 1. The lowest BCUT2D eigenvalue weighted by Gasteiger charge is -2.13. The fourth-order valence-corrected chi connectivity index (χ4v) is 6.37. The van der Waals surface area contributed by atoms with E-state index in [1.54, 1.807) is 22.2 Å². The van der Waals surface area contributed by atoms with E-state index >= 15 is 0 Å². The minimum Gasteiger partial charge on any atom is -0.467 e. The van der Waals surface area contributed by atoms with Crippen LogP contribution in [0.2, 0.25) is 0 Å². The number of thiophene rings is 1. The molecule has 31 heavy (non-hydrogen) atoms. The Morgan fingerprint density at radius 1 is 1.32 bits per heavy atom. The molecule has 4 heterocycles. The highest BCUT2D eigenvalue weighted by Crippen LogP contribution is 2.34. The van der Waals surface area contributed by atoms with Crippen LogP contribution in [0.4, 0.5) is 0 Å². The molecule has 7 nitrogen and oxygen atoms in total. The third-order valence-electron chi connectivity index (χ3n) is 5.82. The predicted octanol–water partition coefficient (Wildman–Crippen LogP) is 3.37. The van der Waals surface area contributed by atoms with Gasteiger partial charge in [-0.2, -0.15) is 0 Å². The zero-order chi connectivity index (χ0) is 21.2. The van der Waals surface area contributed by atoms with Gasteiger partial charge in [-0.05, 0) is 56.2 Å². The van der Waals surface area contributed by atoms with E-state index in [1.165, 1.54) is 22.2 Å². The molecule has 3 aromatic heterocycles. The topological polar surface area (TPSA) is 86.4 Å². The maximum absolute atomic E-state index is 13.5. The third-order valence-corrected chi connectivity index (χ3v) is 7.98. The molecule has 1 atom stereocenters. The number of carbonyl (C=O) groups excluding carboxylic acids is 1. The molecule has 5 rings (SSSR count). The van der Waals surface area contributed by atoms with Gasteiger partial charge in [-0.3, -0.25) is 14.2 Å². The van der Waals surface area contributed by atoms with Crippen molar-refractivity contribution in [3.63, 3.8) is 0 Å². The summed E-state index contributed by atoms with van der Waals surface area (Å²) in [5, 5.41) is 4.24. The molecule has 1 aliphatic heterocycles. The molecule has 0 spiro atoms. The van der Waals surface area contributed by atoms with Crippen LogP contribution >= 0.6 is 23.1 Å². The minimum absolute atomic E-state index is 0.0388. The van der Waals surface area contributed by atoms with Crippen molar-refractivity contribution < 1.29 is 13.9 Å². The molecule has 0 saturated carbocycles. The van der Waals surface area contributed by atoms with Gasteiger partial charge in [0.05, 0.1) is 30.1 Å². The molecule has 1 fully saturated rings. The summed E-state index contributed by atoms with van der Waals surface area (Å²) in [6.45, 7) is 1.60. The summed E-state index contributed by atoms with van der Waals surface area (Å²) in [6, 6.07) is 3.66. The molecule has 0 unspecified atom stereocenters. The number of rotatable bonds is 7. The van der Waals surface area contributed by atoms with Gasteiger partial charge >= 0.3 is 0 Å². The van der Waals surface area contributed by atoms with Crippen molar-refractivity contribution in [1.82, 2.24) is 14.9 Å². The van der Waals surface area contributed by atoms with Crippen LogP contribution in [0.1, 0.15) is 41.9 Å². The summed E-state index contributed by atoms with van der Waals surface area (Å²) in [6.07, 6.45) is 7.96. The summed E-state index contributed by atoms with van der Waals surface area (Å²) >= 11 is 2.93. The lowest BCUT2D eigenvalue weighted by atomic mass is 9.97. The van der Waals surface area contributed by atoms with Crippen molar-refractivity contribution in [3.05, 3.63) is 45.0 Å². The monoisotopic (exact) mass is 459 g/mol. The van der Waals surface area contributed by atoms with Gasteiger partial charge in [-0.15, -0.1) is 11.3 Å². The number of nitrogens with zero attached hydrogens (tertiary/aromatic N) is 2. The van der Waals surface area contributed by atoms with Crippen LogP contribution in [0.5, 0.6) is 0 Å². The first kappa shape index (κ1) is 20.8. The maximum atomic E-state index is 13.5. The Bertz CT molecular complexity index is 1130. The van der Waals surface area contributed by atoms with Gasteiger partial charge in [-0.25, -0.2) is 4.98 Å². The van der Waals surface area contributed by atoms with Crippen LogP contribution in [0.15, 0.2) is 32.8 Å². The molecule has 2 aliphatic rings. The van der Waals surface area contributed by atoms with Crippen molar-refractivity contribution in [2.45, 2.75) is 56.3 Å². The lowest BCUT2D eigenvalue weighted by Crippen LogP contribution is -2.33. The fourth-order valence-electron chi connectivity index (χ4n) is 4.24. The van der Waals surface area contributed by atoms with Gasteiger partial charge in [0.15, 0.2) is 5.16 Å². The first-order valence-corrected chi connectivity index (χ1v) is 12.6. The van der Waals surface area contributed by atoms with Crippen molar-refractivity contribution in [1.29, 1.82) is 0 Å². The Kier molecular flexibility index (Phi) is 6.15. The van der Waals surface area contributed by atoms with Crippen LogP contribution in [0.25, 0.3) is 10.2 Å². The van der Waals surface area contributed by atoms with Crippen LogP contribution in [0, 0.1) is 0 Å². The molecule has 1 aliphatic carbocycles. The van der Waals surface area contributed by atoms with E-state index in [9.17, 15) is 9.59 Å². The molecule has 3 aromatic rings. The second kappa shape index (κ2) is 9.18. The van der Waals surface area contributed by atoms with Crippen molar-refractivity contribution in [2.75, 3.05) is 18.9 Å². The smallest absolute Gasteiger partial charge is 0.263 e. The van der Waals surface area contributed by atoms with E-state index in [0.717, 1.165) is 55.3 Å². The normalized spacial score (nSPS) is 18.4. The number of aromatic nitrogens is 2. The maximum Gasteiger partial charge on any atom is 0.263 e. The number of aryl methyl sites for hydroxylation is 2. The van der Waals surface area contributed by atoms with Gasteiger partial charge < -0.3 is 14.5 Å². The van der Waals surface area contributed by atoms with Gasteiger partial charge in [0, 0.05) is 18.0 Å². The molecule has 0 bridgehead atoms. The first-order valence-electron chi connectivity index (χ1n) is 10.8. The molecular weight excluding hydrogens is 434 g/mol. The third kappa shape index (κ3) is 4.44. The Morgan fingerprint density at radius 2 is 2.23 bits per heavy atom. The van der Waals surface area contributed by atoms with Crippen LogP contribution in [-0.4, -0.2) is 40.5 Å². The molecular formula is C22H25N3O4S2. The largest absolute Gasteiger partial charge is 0.467 e. The van der Waals surface area contributed by atoms with Crippen LogP contribution in [0.3, 0.4) is 0 Å². The Hall–Kier alpha value is -2.10. The van der Waals surface area contributed by atoms with E-state index in [2.05, 4.69) is 5.32 Å². The number of fused-ring (bicyclic) bond motifs is 3. The highest BCUT2D eigenvalue weighted by molar-refractivity contribution is 7.99. The van der Waals surface area contributed by atoms with E-state index in [4.69, 9.17) is 14.1 Å². The summed E-state index contributed by atoms with van der Waals surface area (Å²) in [4.78, 5) is 32.8. The number of furan rings is 1. The number of hydrogen-bond donors (Lipinski definition) is 1. The summed E-state index contributed by atoms with van der Waals surface area (Å²) < 4.78 is 12.7. The second-order valence-corrected chi connectivity index (χ2v) is 10.0. The standard InChI is InChI=1S/C22H25N3O4S2/c26-18(23-11-14-5-3-9-28-14)13-30-22-24-20-19(16-7-1-2-8-17(16)31-20)21(27)25(22)12-15-6-4-10-29-15/h4,6,10,14H,1-3,5,7-9,11-13H2,(H,23,26)/t14-/m0/s1. The van der Waals surface area contributed by atoms with Gasteiger partial charge in [0.25, 0.3) is 5.56 Å². The average Bonchev–Trinajstić information content (AvgIpc) is 3.53.